The van der Waals surface area contributed by atoms with Crippen LogP contribution >= 0.6 is 11.6 Å². The molecule has 4 rings (SSSR count). The van der Waals surface area contributed by atoms with Gasteiger partial charge in [-0.1, -0.05) is 11.6 Å². The van der Waals surface area contributed by atoms with Crippen molar-refractivity contribution >= 4 is 35.1 Å². The predicted octanol–water partition coefficient (Wildman–Crippen LogP) is 2.50. The summed E-state index contributed by atoms with van der Waals surface area (Å²) in [6, 6.07) is 1.69. The minimum Gasteiger partial charge on any atom is -0.381 e. The molecule has 2 amide bonds. The van der Waals surface area contributed by atoms with E-state index in [0.29, 0.717) is 53.2 Å². The molecule has 164 valence electrons. The highest BCUT2D eigenvalue weighted by Gasteiger charge is 2.25. The number of carbonyl (C=O) groups excluding carboxylic acids is 2. The Labute approximate surface area is 185 Å². The maximum absolute atomic E-state index is 12.5. The molecular weight excluding hydrogens is 420 g/mol. The Bertz CT molecular complexity index is 940. The van der Waals surface area contributed by atoms with Crippen LogP contribution in [0.3, 0.4) is 0 Å². The van der Waals surface area contributed by atoms with Gasteiger partial charge in [0.05, 0.1) is 29.0 Å². The monoisotopic (exact) mass is 444 g/mol. The molecule has 2 aromatic heterocycles. The normalized spacial score (nSPS) is 19.5. The highest BCUT2D eigenvalue weighted by atomic mass is 35.5. The molecule has 0 bridgehead atoms. The molecule has 0 saturated carbocycles. The van der Waals surface area contributed by atoms with E-state index >= 15 is 0 Å². The Morgan fingerprint density at radius 1 is 1.19 bits per heavy atom. The van der Waals surface area contributed by atoms with Gasteiger partial charge in [0, 0.05) is 44.5 Å². The van der Waals surface area contributed by atoms with Crippen LogP contribution in [0.1, 0.15) is 25.7 Å². The van der Waals surface area contributed by atoms with Crippen molar-refractivity contribution in [2.24, 2.45) is 11.8 Å². The second kappa shape index (κ2) is 10.0. The molecule has 4 heterocycles. The molecule has 1 atom stereocenters. The van der Waals surface area contributed by atoms with Crippen molar-refractivity contribution in [1.82, 2.24) is 20.3 Å². The van der Waals surface area contributed by atoms with Crippen LogP contribution in [0, 0.1) is 11.8 Å². The summed E-state index contributed by atoms with van der Waals surface area (Å²) in [5, 5.41) is 9.29. The number of halogens is 1. The van der Waals surface area contributed by atoms with Crippen molar-refractivity contribution in [3.8, 4) is 11.3 Å². The summed E-state index contributed by atoms with van der Waals surface area (Å²) in [7, 11) is 0. The number of hydrogen-bond donors (Lipinski definition) is 3. The van der Waals surface area contributed by atoms with Gasteiger partial charge in [0.25, 0.3) is 0 Å². The molecule has 9 nitrogen and oxygen atoms in total. The first-order valence-electron chi connectivity index (χ1n) is 10.5. The first-order valence-corrected chi connectivity index (χ1v) is 10.8. The van der Waals surface area contributed by atoms with Gasteiger partial charge in [0.1, 0.15) is 11.6 Å². The van der Waals surface area contributed by atoms with E-state index in [9.17, 15) is 9.59 Å². The Kier molecular flexibility index (Phi) is 6.93. The van der Waals surface area contributed by atoms with Crippen molar-refractivity contribution in [3.63, 3.8) is 0 Å². The quantitative estimate of drug-likeness (QED) is 0.626. The lowest BCUT2D eigenvalue weighted by Gasteiger charge is -2.22. The largest absolute Gasteiger partial charge is 0.381 e. The molecular formula is C21H25ClN6O3. The third-order valence-electron chi connectivity index (χ3n) is 5.57. The third kappa shape index (κ3) is 5.68. The number of nitrogens with zero attached hydrogens (tertiary/aromatic N) is 3. The van der Waals surface area contributed by atoms with Crippen molar-refractivity contribution in [2.75, 3.05) is 36.9 Å². The zero-order valence-electron chi connectivity index (χ0n) is 17.1. The fraction of sp³-hybridized carbons (Fsp3) is 0.476. The number of pyridine rings is 1. The number of piperidine rings is 1. The molecule has 31 heavy (non-hydrogen) atoms. The number of anilines is 2. The highest BCUT2D eigenvalue weighted by molar-refractivity contribution is 6.33. The second-order valence-electron chi connectivity index (χ2n) is 7.80. The standard InChI is InChI=1S/C21H25ClN6O3/c22-16-10-25-18(28-21(30)14-1-2-20(29)26-9-14)7-15(16)17-11-23-12-19(27-17)24-8-13-3-5-31-6-4-13/h7,10-14H,1-6,8-9H2,(H,24,27)(H,26,29)(H,25,28,30)/t14-/m1/s1. The summed E-state index contributed by atoms with van der Waals surface area (Å²) >= 11 is 6.36. The third-order valence-corrected chi connectivity index (χ3v) is 5.87. The minimum atomic E-state index is -0.281. The van der Waals surface area contributed by atoms with Crippen LogP contribution in [0.25, 0.3) is 11.3 Å². The van der Waals surface area contributed by atoms with Gasteiger partial charge >= 0.3 is 0 Å². The van der Waals surface area contributed by atoms with Crippen molar-refractivity contribution in [3.05, 3.63) is 29.7 Å². The molecule has 2 aliphatic heterocycles. The van der Waals surface area contributed by atoms with E-state index in [2.05, 4.69) is 30.9 Å². The number of aromatic nitrogens is 3. The van der Waals surface area contributed by atoms with Crippen LogP contribution in [-0.4, -0.2) is 53.1 Å². The van der Waals surface area contributed by atoms with Gasteiger partial charge in [0.15, 0.2) is 0 Å². The van der Waals surface area contributed by atoms with Crippen LogP contribution in [-0.2, 0) is 14.3 Å². The zero-order valence-corrected chi connectivity index (χ0v) is 17.8. The molecule has 0 aliphatic carbocycles. The number of ether oxygens (including phenoxy) is 1. The van der Waals surface area contributed by atoms with E-state index in [4.69, 9.17) is 16.3 Å². The van der Waals surface area contributed by atoms with E-state index < -0.39 is 0 Å². The van der Waals surface area contributed by atoms with Crippen LogP contribution < -0.4 is 16.0 Å². The van der Waals surface area contributed by atoms with Gasteiger partial charge in [-0.2, -0.15) is 0 Å². The van der Waals surface area contributed by atoms with Gasteiger partial charge in [-0.05, 0) is 31.2 Å². The van der Waals surface area contributed by atoms with Gasteiger partial charge in [-0.25, -0.2) is 9.97 Å². The molecule has 2 saturated heterocycles. The van der Waals surface area contributed by atoms with Crippen LogP contribution in [0.2, 0.25) is 5.02 Å². The molecule has 0 unspecified atom stereocenters. The summed E-state index contributed by atoms with van der Waals surface area (Å²) in [5.74, 6) is 1.11. The molecule has 10 heteroatoms. The lowest BCUT2D eigenvalue weighted by atomic mass is 9.98. The SMILES string of the molecule is O=C1CC[C@@H](C(=O)Nc2cc(-c3cncc(NCC4CCOCC4)n3)c(Cl)cn2)CN1. The minimum absolute atomic E-state index is 0.0279. The average Bonchev–Trinajstić information content (AvgIpc) is 2.80. The van der Waals surface area contributed by atoms with E-state index in [0.717, 1.165) is 32.6 Å². The predicted molar refractivity (Wildman–Crippen MR) is 117 cm³/mol. The molecule has 2 aliphatic rings. The highest BCUT2D eigenvalue weighted by Crippen LogP contribution is 2.28. The van der Waals surface area contributed by atoms with Gasteiger partial charge in [0.2, 0.25) is 11.8 Å². The van der Waals surface area contributed by atoms with E-state index in [1.165, 1.54) is 6.20 Å². The number of nitrogens with one attached hydrogen (secondary N) is 3. The van der Waals surface area contributed by atoms with Crippen molar-refractivity contribution in [1.29, 1.82) is 0 Å². The molecule has 2 aromatic rings. The first kappa shape index (κ1) is 21.5. The fourth-order valence-electron chi connectivity index (χ4n) is 3.67. The summed E-state index contributed by atoms with van der Waals surface area (Å²) < 4.78 is 5.40. The van der Waals surface area contributed by atoms with E-state index in [-0.39, 0.29) is 17.7 Å². The van der Waals surface area contributed by atoms with Gasteiger partial charge in [-0.15, -0.1) is 0 Å². The molecule has 3 N–H and O–H groups in total. The summed E-state index contributed by atoms with van der Waals surface area (Å²) in [5.41, 5.74) is 1.22. The van der Waals surface area contributed by atoms with Crippen molar-refractivity contribution in [2.45, 2.75) is 25.7 Å². The number of carbonyl (C=O) groups is 2. The Hall–Kier alpha value is -2.78. The Morgan fingerprint density at radius 2 is 2.03 bits per heavy atom. The van der Waals surface area contributed by atoms with Gasteiger partial charge < -0.3 is 20.7 Å². The summed E-state index contributed by atoms with van der Waals surface area (Å²) in [6.07, 6.45) is 7.72. The Morgan fingerprint density at radius 3 is 2.81 bits per heavy atom. The Balaban J connectivity index is 1.44. The van der Waals surface area contributed by atoms with Gasteiger partial charge in [-0.3, -0.25) is 14.6 Å². The maximum Gasteiger partial charge on any atom is 0.230 e. The van der Waals surface area contributed by atoms with Crippen molar-refractivity contribution < 1.29 is 14.3 Å². The number of amides is 2. The van der Waals surface area contributed by atoms with E-state index in [1.807, 2.05) is 0 Å². The molecule has 0 aromatic carbocycles. The summed E-state index contributed by atoms with van der Waals surface area (Å²) in [6.45, 7) is 2.74. The van der Waals surface area contributed by atoms with E-state index in [1.54, 1.807) is 18.5 Å². The lowest BCUT2D eigenvalue weighted by molar-refractivity contribution is -0.126. The van der Waals surface area contributed by atoms with Crippen LogP contribution in [0.4, 0.5) is 11.6 Å². The fourth-order valence-corrected chi connectivity index (χ4v) is 3.87. The summed E-state index contributed by atoms with van der Waals surface area (Å²) in [4.78, 5) is 36.9. The van der Waals surface area contributed by atoms with Crippen LogP contribution in [0.15, 0.2) is 24.7 Å². The number of hydrogen-bond acceptors (Lipinski definition) is 7. The molecule has 2 fully saturated rings. The second-order valence-corrected chi connectivity index (χ2v) is 8.21. The zero-order chi connectivity index (χ0) is 21.6. The lowest BCUT2D eigenvalue weighted by Crippen LogP contribution is -2.40. The molecule has 0 spiro atoms. The maximum atomic E-state index is 12.5. The molecule has 0 radical (unpaired) electrons. The smallest absolute Gasteiger partial charge is 0.230 e. The number of rotatable bonds is 6. The topological polar surface area (TPSA) is 118 Å². The van der Waals surface area contributed by atoms with Crippen LogP contribution in [0.5, 0.6) is 0 Å². The average molecular weight is 445 g/mol. The first-order chi connectivity index (χ1) is 15.1.